The molecule has 0 unspecified atom stereocenters. The number of amides is 1. The van der Waals surface area contributed by atoms with Gasteiger partial charge in [-0.2, -0.15) is 0 Å². The quantitative estimate of drug-likeness (QED) is 0.834. The number of para-hydroxylation sites is 1. The number of carbonyl (C=O) groups excluding carboxylic acids is 1. The van der Waals surface area contributed by atoms with E-state index in [2.05, 4.69) is 0 Å². The minimum absolute atomic E-state index is 0.00385. The number of aryl methyl sites for hydroxylation is 1. The van der Waals surface area contributed by atoms with Gasteiger partial charge in [-0.3, -0.25) is 4.79 Å². The molecule has 2 N–H and O–H groups in total. The average Bonchev–Trinajstić information content (AvgIpc) is 2.46. The third-order valence-electron chi connectivity index (χ3n) is 3.39. The third-order valence-corrected chi connectivity index (χ3v) is 3.65. The molecule has 108 valence electrons. The Hall–Kier alpha value is -1.82. The van der Waals surface area contributed by atoms with Gasteiger partial charge >= 0.3 is 0 Å². The maximum absolute atomic E-state index is 12.1. The van der Waals surface area contributed by atoms with Crippen LogP contribution in [0.3, 0.4) is 0 Å². The summed E-state index contributed by atoms with van der Waals surface area (Å²) >= 11 is 4.92. The SMILES string of the molecule is Cc1ccccc1OCC(=O)N1CCN(C(N)=S)CC1. The highest BCUT2D eigenvalue weighted by molar-refractivity contribution is 7.80. The molecule has 0 bridgehead atoms. The molecule has 6 heteroatoms. The molecular weight excluding hydrogens is 274 g/mol. The number of hydrogen-bond donors (Lipinski definition) is 1. The minimum atomic E-state index is -0.00385. The Balaban J connectivity index is 1.82. The lowest BCUT2D eigenvalue weighted by atomic mass is 10.2. The molecule has 1 aliphatic heterocycles. The molecule has 0 atom stereocenters. The molecule has 1 aromatic carbocycles. The molecule has 1 aliphatic rings. The number of carbonyl (C=O) groups is 1. The van der Waals surface area contributed by atoms with Crippen LogP contribution in [0.15, 0.2) is 24.3 Å². The van der Waals surface area contributed by atoms with Gasteiger partial charge in [-0.05, 0) is 30.8 Å². The van der Waals surface area contributed by atoms with Gasteiger partial charge in [0.05, 0.1) is 0 Å². The fourth-order valence-corrected chi connectivity index (χ4v) is 2.31. The number of nitrogens with zero attached hydrogens (tertiary/aromatic N) is 2. The van der Waals surface area contributed by atoms with Crippen LogP contribution in [0, 0.1) is 6.92 Å². The number of piperazine rings is 1. The van der Waals surface area contributed by atoms with E-state index in [0.29, 0.717) is 31.3 Å². The van der Waals surface area contributed by atoms with Crippen molar-refractivity contribution in [2.45, 2.75) is 6.92 Å². The first-order chi connectivity index (χ1) is 9.58. The molecule has 5 nitrogen and oxygen atoms in total. The van der Waals surface area contributed by atoms with Gasteiger partial charge in [-0.15, -0.1) is 0 Å². The lowest BCUT2D eigenvalue weighted by Crippen LogP contribution is -2.52. The monoisotopic (exact) mass is 293 g/mol. The molecule has 0 aliphatic carbocycles. The number of hydrogen-bond acceptors (Lipinski definition) is 3. The highest BCUT2D eigenvalue weighted by Gasteiger charge is 2.21. The first-order valence-electron chi connectivity index (χ1n) is 6.58. The molecule has 0 spiro atoms. The van der Waals surface area contributed by atoms with E-state index in [4.69, 9.17) is 22.7 Å². The van der Waals surface area contributed by atoms with E-state index in [1.165, 1.54) is 0 Å². The van der Waals surface area contributed by atoms with E-state index in [-0.39, 0.29) is 12.5 Å². The Bertz CT molecular complexity index is 499. The van der Waals surface area contributed by atoms with Crippen LogP contribution >= 0.6 is 12.2 Å². The van der Waals surface area contributed by atoms with Crippen LogP contribution in [-0.4, -0.2) is 53.6 Å². The van der Waals surface area contributed by atoms with Gasteiger partial charge < -0.3 is 20.3 Å². The zero-order valence-electron chi connectivity index (χ0n) is 11.5. The average molecular weight is 293 g/mol. The van der Waals surface area contributed by atoms with Crippen molar-refractivity contribution in [2.75, 3.05) is 32.8 Å². The zero-order valence-corrected chi connectivity index (χ0v) is 12.4. The van der Waals surface area contributed by atoms with Crippen LogP contribution in [0.25, 0.3) is 0 Å². The molecule has 0 saturated carbocycles. The fourth-order valence-electron chi connectivity index (χ4n) is 2.13. The summed E-state index contributed by atoms with van der Waals surface area (Å²) in [5, 5.41) is 0.397. The zero-order chi connectivity index (χ0) is 14.5. The maximum atomic E-state index is 12.1. The predicted molar refractivity (Wildman–Crippen MR) is 81.6 cm³/mol. The van der Waals surface area contributed by atoms with E-state index in [9.17, 15) is 4.79 Å². The van der Waals surface area contributed by atoms with E-state index >= 15 is 0 Å². The molecule has 0 aromatic heterocycles. The van der Waals surface area contributed by atoms with E-state index in [1.54, 1.807) is 4.90 Å². The second-order valence-electron chi connectivity index (χ2n) is 4.76. The standard InChI is InChI=1S/C14H19N3O2S/c1-11-4-2-3-5-12(11)19-10-13(18)16-6-8-17(9-7-16)14(15)20/h2-5H,6-10H2,1H3,(H2,15,20). The smallest absolute Gasteiger partial charge is 0.260 e. The number of ether oxygens (including phenoxy) is 1. The Morgan fingerprint density at radius 3 is 2.45 bits per heavy atom. The molecule has 2 rings (SSSR count). The van der Waals surface area contributed by atoms with Crippen molar-refractivity contribution in [3.8, 4) is 5.75 Å². The van der Waals surface area contributed by atoms with E-state index in [0.717, 1.165) is 11.3 Å². The number of nitrogens with two attached hydrogens (primary N) is 1. The summed E-state index contributed by atoms with van der Waals surface area (Å²) in [5.74, 6) is 0.749. The number of benzene rings is 1. The summed E-state index contributed by atoms with van der Waals surface area (Å²) in [6.07, 6.45) is 0. The van der Waals surface area contributed by atoms with Crippen molar-refractivity contribution in [2.24, 2.45) is 5.73 Å². The van der Waals surface area contributed by atoms with Gasteiger partial charge in [0.25, 0.3) is 5.91 Å². The first-order valence-corrected chi connectivity index (χ1v) is 6.99. The van der Waals surface area contributed by atoms with Crippen molar-refractivity contribution in [3.63, 3.8) is 0 Å². The maximum Gasteiger partial charge on any atom is 0.260 e. The van der Waals surface area contributed by atoms with Crippen molar-refractivity contribution in [1.82, 2.24) is 9.80 Å². The Kier molecular flexibility index (Phi) is 4.79. The third kappa shape index (κ3) is 3.60. The normalized spacial score (nSPS) is 15.1. The van der Waals surface area contributed by atoms with Crippen molar-refractivity contribution >= 4 is 23.2 Å². The molecule has 1 aromatic rings. The van der Waals surface area contributed by atoms with Gasteiger partial charge in [0.15, 0.2) is 11.7 Å². The largest absolute Gasteiger partial charge is 0.484 e. The number of thiocarbonyl (C=S) groups is 1. The highest BCUT2D eigenvalue weighted by atomic mass is 32.1. The van der Waals surface area contributed by atoms with Gasteiger partial charge in [0, 0.05) is 26.2 Å². The van der Waals surface area contributed by atoms with Crippen LogP contribution in [0.1, 0.15) is 5.56 Å². The minimum Gasteiger partial charge on any atom is -0.484 e. The molecule has 1 saturated heterocycles. The summed E-state index contributed by atoms with van der Waals surface area (Å²) in [5.41, 5.74) is 6.60. The number of rotatable bonds is 3. The van der Waals surface area contributed by atoms with E-state index < -0.39 is 0 Å². The second-order valence-corrected chi connectivity index (χ2v) is 5.18. The molecule has 1 fully saturated rings. The van der Waals surface area contributed by atoms with Crippen LogP contribution < -0.4 is 10.5 Å². The first kappa shape index (κ1) is 14.6. The Morgan fingerprint density at radius 1 is 1.25 bits per heavy atom. The van der Waals surface area contributed by atoms with E-state index in [1.807, 2.05) is 36.1 Å². The Labute approximate surface area is 124 Å². The molecule has 1 heterocycles. The van der Waals surface area contributed by atoms with Crippen LogP contribution in [-0.2, 0) is 4.79 Å². The van der Waals surface area contributed by atoms with Crippen molar-refractivity contribution in [3.05, 3.63) is 29.8 Å². The second kappa shape index (κ2) is 6.56. The summed E-state index contributed by atoms with van der Waals surface area (Å²) in [6, 6.07) is 7.67. The molecule has 0 radical (unpaired) electrons. The van der Waals surface area contributed by atoms with Crippen LogP contribution in [0.2, 0.25) is 0 Å². The van der Waals surface area contributed by atoms with Gasteiger partial charge in [-0.1, -0.05) is 18.2 Å². The fraction of sp³-hybridized carbons (Fsp3) is 0.429. The lowest BCUT2D eigenvalue weighted by molar-refractivity contribution is -0.134. The molecular formula is C14H19N3O2S. The summed E-state index contributed by atoms with van der Waals surface area (Å²) in [6.45, 7) is 4.66. The summed E-state index contributed by atoms with van der Waals surface area (Å²) in [7, 11) is 0. The predicted octanol–water partition coefficient (Wildman–Crippen LogP) is 0.762. The van der Waals surface area contributed by atoms with Crippen molar-refractivity contribution < 1.29 is 9.53 Å². The van der Waals surface area contributed by atoms with Gasteiger partial charge in [0.2, 0.25) is 0 Å². The van der Waals surface area contributed by atoms with Crippen LogP contribution in [0.5, 0.6) is 5.75 Å². The van der Waals surface area contributed by atoms with Crippen molar-refractivity contribution in [1.29, 1.82) is 0 Å². The highest BCUT2D eigenvalue weighted by Crippen LogP contribution is 2.16. The molecule has 20 heavy (non-hydrogen) atoms. The summed E-state index contributed by atoms with van der Waals surface area (Å²) in [4.78, 5) is 15.8. The topological polar surface area (TPSA) is 58.8 Å². The van der Waals surface area contributed by atoms with Gasteiger partial charge in [0.1, 0.15) is 5.75 Å². The lowest BCUT2D eigenvalue weighted by Gasteiger charge is -2.34. The molecule has 1 amide bonds. The Morgan fingerprint density at radius 2 is 1.85 bits per heavy atom. The van der Waals surface area contributed by atoms with Gasteiger partial charge in [-0.25, -0.2) is 0 Å². The summed E-state index contributed by atoms with van der Waals surface area (Å²) < 4.78 is 5.57. The van der Waals surface area contributed by atoms with Crippen LogP contribution in [0.4, 0.5) is 0 Å².